The van der Waals surface area contributed by atoms with Crippen molar-refractivity contribution in [2.75, 3.05) is 38.0 Å². The van der Waals surface area contributed by atoms with Gasteiger partial charge in [0.15, 0.2) is 0 Å². The standard InChI is InChI=1S/C16H23IN4O2/c1-3-18-16(23)21-10-8-20(9-11-21)12(2)15(22)19-14-6-4-13(17)5-7-14/h4-7,12H,3,8-11H2,1-2H3,(H,18,23)(H,19,22). The normalized spacial score (nSPS) is 16.7. The van der Waals surface area contributed by atoms with Crippen molar-refractivity contribution in [3.63, 3.8) is 0 Å². The summed E-state index contributed by atoms with van der Waals surface area (Å²) in [6, 6.07) is 7.49. The molecule has 1 aliphatic rings. The molecule has 0 aromatic heterocycles. The van der Waals surface area contributed by atoms with Crippen molar-refractivity contribution in [2.45, 2.75) is 19.9 Å². The quantitative estimate of drug-likeness (QED) is 0.719. The van der Waals surface area contributed by atoms with Crippen molar-refractivity contribution in [2.24, 2.45) is 0 Å². The molecule has 0 saturated carbocycles. The molecule has 2 rings (SSSR count). The van der Waals surface area contributed by atoms with Crippen LogP contribution >= 0.6 is 22.6 Å². The highest BCUT2D eigenvalue weighted by molar-refractivity contribution is 14.1. The van der Waals surface area contributed by atoms with Crippen LogP contribution in [0.1, 0.15) is 13.8 Å². The van der Waals surface area contributed by atoms with Crippen LogP contribution in [-0.4, -0.2) is 60.5 Å². The average Bonchev–Trinajstić information content (AvgIpc) is 2.56. The summed E-state index contributed by atoms with van der Waals surface area (Å²) < 4.78 is 1.13. The van der Waals surface area contributed by atoms with Gasteiger partial charge in [0.05, 0.1) is 6.04 Å². The number of nitrogens with one attached hydrogen (secondary N) is 2. The fourth-order valence-electron chi connectivity index (χ4n) is 2.52. The summed E-state index contributed by atoms with van der Waals surface area (Å²) in [5.74, 6) is -0.0160. The molecule has 1 aromatic rings. The van der Waals surface area contributed by atoms with E-state index in [1.54, 1.807) is 4.90 Å². The largest absolute Gasteiger partial charge is 0.338 e. The Bertz CT molecular complexity index is 542. The lowest BCUT2D eigenvalue weighted by Crippen LogP contribution is -2.55. The molecule has 1 aliphatic heterocycles. The van der Waals surface area contributed by atoms with Crippen LogP contribution < -0.4 is 10.6 Å². The number of carbonyl (C=O) groups is 2. The summed E-state index contributed by atoms with van der Waals surface area (Å²) in [5, 5.41) is 5.75. The first-order valence-electron chi connectivity index (χ1n) is 7.84. The summed E-state index contributed by atoms with van der Waals surface area (Å²) >= 11 is 2.23. The van der Waals surface area contributed by atoms with E-state index in [9.17, 15) is 9.59 Å². The first-order chi connectivity index (χ1) is 11.0. The van der Waals surface area contributed by atoms with Crippen molar-refractivity contribution < 1.29 is 9.59 Å². The molecule has 1 unspecified atom stereocenters. The van der Waals surface area contributed by atoms with Crippen LogP contribution in [-0.2, 0) is 4.79 Å². The number of halogens is 1. The first-order valence-corrected chi connectivity index (χ1v) is 8.92. The Morgan fingerprint density at radius 2 is 1.78 bits per heavy atom. The Morgan fingerprint density at radius 1 is 1.17 bits per heavy atom. The lowest BCUT2D eigenvalue weighted by Gasteiger charge is -2.37. The SMILES string of the molecule is CCNC(=O)N1CCN(C(C)C(=O)Nc2ccc(I)cc2)CC1. The number of anilines is 1. The second-order valence-electron chi connectivity index (χ2n) is 5.53. The molecule has 1 saturated heterocycles. The van der Waals surface area contributed by atoms with E-state index in [1.807, 2.05) is 38.1 Å². The number of urea groups is 1. The predicted molar refractivity (Wildman–Crippen MR) is 99.5 cm³/mol. The minimum atomic E-state index is -0.217. The maximum Gasteiger partial charge on any atom is 0.317 e. The van der Waals surface area contributed by atoms with E-state index in [4.69, 9.17) is 0 Å². The second-order valence-corrected chi connectivity index (χ2v) is 6.78. The molecule has 2 N–H and O–H groups in total. The number of benzene rings is 1. The third-order valence-corrected chi connectivity index (χ3v) is 4.69. The fraction of sp³-hybridized carbons (Fsp3) is 0.500. The molecule has 1 heterocycles. The van der Waals surface area contributed by atoms with Gasteiger partial charge in [-0.25, -0.2) is 4.79 Å². The van der Waals surface area contributed by atoms with Gasteiger partial charge in [-0.3, -0.25) is 9.69 Å². The summed E-state index contributed by atoms with van der Waals surface area (Å²) in [6.45, 7) is 7.15. The van der Waals surface area contributed by atoms with Crippen LogP contribution in [0, 0.1) is 3.57 Å². The van der Waals surface area contributed by atoms with Crippen molar-refractivity contribution in [1.29, 1.82) is 0 Å². The molecule has 3 amide bonds. The van der Waals surface area contributed by atoms with E-state index in [0.29, 0.717) is 32.7 Å². The molecule has 7 heteroatoms. The number of carbonyl (C=O) groups excluding carboxylic acids is 2. The van der Waals surface area contributed by atoms with Gasteiger partial charge in [-0.15, -0.1) is 0 Å². The molecular weight excluding hydrogens is 407 g/mol. The molecule has 1 fully saturated rings. The number of rotatable bonds is 4. The van der Waals surface area contributed by atoms with Crippen LogP contribution in [0.3, 0.4) is 0 Å². The molecule has 0 radical (unpaired) electrons. The average molecular weight is 430 g/mol. The number of piperazine rings is 1. The van der Waals surface area contributed by atoms with Crippen LogP contribution in [0.15, 0.2) is 24.3 Å². The molecule has 1 aromatic carbocycles. The number of hydrogen-bond acceptors (Lipinski definition) is 3. The van der Waals surface area contributed by atoms with Crippen LogP contribution in [0.25, 0.3) is 0 Å². The third kappa shape index (κ3) is 5.07. The second kappa shape index (κ2) is 8.49. The van der Waals surface area contributed by atoms with E-state index in [1.165, 1.54) is 0 Å². The summed E-state index contributed by atoms with van der Waals surface area (Å²) in [5.41, 5.74) is 0.809. The lowest BCUT2D eigenvalue weighted by atomic mass is 10.2. The van der Waals surface area contributed by atoms with Crippen LogP contribution in [0.5, 0.6) is 0 Å². The Balaban J connectivity index is 1.84. The smallest absolute Gasteiger partial charge is 0.317 e. The van der Waals surface area contributed by atoms with Gasteiger partial charge in [0, 0.05) is 42.0 Å². The fourth-order valence-corrected chi connectivity index (χ4v) is 2.88. The van der Waals surface area contributed by atoms with Gasteiger partial charge in [0.2, 0.25) is 5.91 Å². The Morgan fingerprint density at radius 3 is 2.35 bits per heavy atom. The summed E-state index contributed by atoms with van der Waals surface area (Å²) in [6.07, 6.45) is 0. The number of amides is 3. The van der Waals surface area contributed by atoms with Gasteiger partial charge in [-0.2, -0.15) is 0 Å². The number of nitrogens with zero attached hydrogens (tertiary/aromatic N) is 2. The topological polar surface area (TPSA) is 64.7 Å². The van der Waals surface area contributed by atoms with Gasteiger partial charge in [0.25, 0.3) is 0 Å². The van der Waals surface area contributed by atoms with E-state index in [2.05, 4.69) is 38.1 Å². The van der Waals surface area contributed by atoms with Crippen molar-refractivity contribution in [3.05, 3.63) is 27.8 Å². The zero-order valence-corrected chi connectivity index (χ0v) is 15.7. The molecular formula is C16H23IN4O2. The molecule has 0 bridgehead atoms. The highest BCUT2D eigenvalue weighted by Crippen LogP contribution is 2.13. The van der Waals surface area contributed by atoms with Crippen molar-refractivity contribution >= 4 is 40.2 Å². The van der Waals surface area contributed by atoms with E-state index < -0.39 is 0 Å². The Kier molecular flexibility index (Phi) is 6.64. The molecule has 6 nitrogen and oxygen atoms in total. The van der Waals surface area contributed by atoms with E-state index in [0.717, 1.165) is 9.26 Å². The molecule has 0 spiro atoms. The van der Waals surface area contributed by atoms with Crippen molar-refractivity contribution in [3.8, 4) is 0 Å². The van der Waals surface area contributed by atoms with Gasteiger partial charge < -0.3 is 15.5 Å². The summed E-state index contributed by atoms with van der Waals surface area (Å²) in [7, 11) is 0. The van der Waals surface area contributed by atoms with Gasteiger partial charge >= 0.3 is 6.03 Å². The zero-order chi connectivity index (χ0) is 16.8. The maximum absolute atomic E-state index is 12.4. The minimum Gasteiger partial charge on any atom is -0.338 e. The monoisotopic (exact) mass is 430 g/mol. The highest BCUT2D eigenvalue weighted by atomic mass is 127. The van der Waals surface area contributed by atoms with Gasteiger partial charge in [-0.1, -0.05) is 0 Å². The van der Waals surface area contributed by atoms with E-state index in [-0.39, 0.29) is 18.0 Å². The molecule has 1 atom stereocenters. The Labute approximate surface area is 150 Å². The minimum absolute atomic E-state index is 0.0160. The predicted octanol–water partition coefficient (Wildman–Crippen LogP) is 1.97. The zero-order valence-electron chi connectivity index (χ0n) is 13.5. The van der Waals surface area contributed by atoms with Crippen LogP contribution in [0.2, 0.25) is 0 Å². The van der Waals surface area contributed by atoms with Crippen molar-refractivity contribution in [1.82, 2.24) is 15.1 Å². The maximum atomic E-state index is 12.4. The molecule has 0 aliphatic carbocycles. The van der Waals surface area contributed by atoms with Gasteiger partial charge in [0.1, 0.15) is 0 Å². The molecule has 23 heavy (non-hydrogen) atoms. The molecule has 126 valence electrons. The first kappa shape index (κ1) is 18.0. The third-order valence-electron chi connectivity index (χ3n) is 3.97. The summed E-state index contributed by atoms with van der Waals surface area (Å²) in [4.78, 5) is 28.1. The number of hydrogen-bond donors (Lipinski definition) is 2. The Hall–Kier alpha value is -1.35. The highest BCUT2D eigenvalue weighted by Gasteiger charge is 2.27. The van der Waals surface area contributed by atoms with Gasteiger partial charge in [-0.05, 0) is 60.7 Å². The van der Waals surface area contributed by atoms with E-state index >= 15 is 0 Å². The lowest BCUT2D eigenvalue weighted by molar-refractivity contribution is -0.121. The van der Waals surface area contributed by atoms with Crippen LogP contribution in [0.4, 0.5) is 10.5 Å².